The van der Waals surface area contributed by atoms with Crippen LogP contribution in [0, 0.1) is 13.8 Å². The largest absolute Gasteiger partial charge is 0.481 e. The van der Waals surface area contributed by atoms with Crippen LogP contribution in [0.15, 0.2) is 42.5 Å². The lowest BCUT2D eigenvalue weighted by Crippen LogP contribution is -2.32. The molecule has 0 unspecified atom stereocenters. The molecule has 0 radical (unpaired) electrons. The Labute approximate surface area is 136 Å². The van der Waals surface area contributed by atoms with E-state index in [1.165, 1.54) is 0 Å². The Morgan fingerprint density at radius 3 is 2.41 bits per heavy atom. The van der Waals surface area contributed by atoms with E-state index in [0.717, 1.165) is 11.1 Å². The molecule has 2 rings (SSSR count). The molecule has 3 nitrogen and oxygen atoms in total. The van der Waals surface area contributed by atoms with Gasteiger partial charge in [0.25, 0.3) is 5.91 Å². The van der Waals surface area contributed by atoms with Gasteiger partial charge in [0, 0.05) is 0 Å². The number of carbonyl (C=O) groups is 1. The number of ether oxygens (including phenoxy) is 1. The molecule has 22 heavy (non-hydrogen) atoms. The summed E-state index contributed by atoms with van der Waals surface area (Å²) >= 11 is 6.06. The third kappa shape index (κ3) is 4.25. The minimum atomic E-state index is -0.558. The van der Waals surface area contributed by atoms with Crippen molar-refractivity contribution in [3.8, 4) is 5.75 Å². The highest BCUT2D eigenvalue weighted by Crippen LogP contribution is 2.22. The van der Waals surface area contributed by atoms with Gasteiger partial charge in [0.2, 0.25) is 0 Å². The number of aryl methyl sites for hydroxylation is 2. The molecule has 1 N–H and O–H groups in total. The molecule has 0 saturated carbocycles. The number of nitrogens with one attached hydrogen (secondary N) is 1. The van der Waals surface area contributed by atoms with Gasteiger partial charge in [-0.05, 0) is 55.7 Å². The third-order valence-corrected chi connectivity index (χ3v) is 3.60. The summed E-state index contributed by atoms with van der Waals surface area (Å²) in [5.74, 6) is 0.508. The molecule has 0 aromatic heterocycles. The third-order valence-electron chi connectivity index (χ3n) is 3.27. The van der Waals surface area contributed by atoms with Gasteiger partial charge in [-0.15, -0.1) is 0 Å². The number of amides is 1. The van der Waals surface area contributed by atoms with Crippen LogP contribution in [-0.2, 0) is 4.79 Å². The molecule has 0 saturated heterocycles. The Bertz CT molecular complexity index is 650. The molecular weight excluding hydrogens is 298 g/mol. The summed E-state index contributed by atoms with van der Waals surface area (Å²) in [5.41, 5.74) is 2.81. The summed E-state index contributed by atoms with van der Waals surface area (Å²) in [6.07, 6.45) is 0.0148. The molecule has 0 heterocycles. The summed E-state index contributed by atoms with van der Waals surface area (Å²) in [6, 6.07) is 13.1. The van der Waals surface area contributed by atoms with Crippen molar-refractivity contribution >= 4 is 23.2 Å². The van der Waals surface area contributed by atoms with E-state index >= 15 is 0 Å². The molecule has 2 aromatic rings. The Hall–Kier alpha value is -2.00. The first-order chi connectivity index (χ1) is 10.5. The monoisotopic (exact) mass is 317 g/mol. The van der Waals surface area contributed by atoms with Crippen LogP contribution in [0.5, 0.6) is 5.75 Å². The summed E-state index contributed by atoms with van der Waals surface area (Å²) in [5, 5.41) is 3.33. The SMILES string of the molecule is CC[C@@H](Oc1cc(C)cc(C)c1)C(=O)Nc1ccccc1Cl. The minimum absolute atomic E-state index is 0.199. The van der Waals surface area contributed by atoms with Crippen LogP contribution in [-0.4, -0.2) is 12.0 Å². The fourth-order valence-corrected chi connectivity index (χ4v) is 2.45. The second kappa shape index (κ2) is 7.32. The summed E-state index contributed by atoms with van der Waals surface area (Å²) in [6.45, 7) is 5.93. The quantitative estimate of drug-likeness (QED) is 0.864. The molecule has 0 aliphatic carbocycles. The zero-order valence-electron chi connectivity index (χ0n) is 13.0. The average molecular weight is 318 g/mol. The van der Waals surface area contributed by atoms with E-state index in [1.807, 2.05) is 45.0 Å². The van der Waals surface area contributed by atoms with E-state index in [2.05, 4.69) is 11.4 Å². The molecule has 1 atom stereocenters. The van der Waals surface area contributed by atoms with E-state index in [4.69, 9.17) is 16.3 Å². The van der Waals surface area contributed by atoms with Crippen molar-refractivity contribution in [3.05, 3.63) is 58.6 Å². The summed E-state index contributed by atoms with van der Waals surface area (Å²) in [7, 11) is 0. The normalized spacial score (nSPS) is 11.8. The van der Waals surface area contributed by atoms with Crippen LogP contribution in [0.3, 0.4) is 0 Å². The smallest absolute Gasteiger partial charge is 0.265 e. The maximum atomic E-state index is 12.4. The molecule has 0 spiro atoms. The van der Waals surface area contributed by atoms with Crippen LogP contribution in [0.2, 0.25) is 5.02 Å². The van der Waals surface area contributed by atoms with Crippen molar-refractivity contribution in [1.82, 2.24) is 0 Å². The number of para-hydroxylation sites is 1. The molecule has 0 fully saturated rings. The second-order valence-electron chi connectivity index (χ2n) is 5.31. The highest BCUT2D eigenvalue weighted by atomic mass is 35.5. The van der Waals surface area contributed by atoms with Gasteiger partial charge in [-0.1, -0.05) is 36.7 Å². The van der Waals surface area contributed by atoms with E-state index in [9.17, 15) is 4.79 Å². The Balaban J connectivity index is 2.10. The zero-order valence-corrected chi connectivity index (χ0v) is 13.8. The maximum absolute atomic E-state index is 12.4. The van der Waals surface area contributed by atoms with Crippen molar-refractivity contribution in [2.45, 2.75) is 33.3 Å². The van der Waals surface area contributed by atoms with Crippen molar-refractivity contribution in [2.24, 2.45) is 0 Å². The summed E-state index contributed by atoms with van der Waals surface area (Å²) in [4.78, 5) is 12.4. The first-order valence-electron chi connectivity index (χ1n) is 7.30. The minimum Gasteiger partial charge on any atom is -0.481 e. The number of halogens is 1. The lowest BCUT2D eigenvalue weighted by atomic mass is 10.1. The van der Waals surface area contributed by atoms with Gasteiger partial charge in [-0.3, -0.25) is 4.79 Å². The van der Waals surface area contributed by atoms with Crippen molar-refractivity contribution in [3.63, 3.8) is 0 Å². The molecule has 2 aromatic carbocycles. The van der Waals surface area contributed by atoms with Gasteiger partial charge >= 0.3 is 0 Å². The molecule has 0 aliphatic rings. The Morgan fingerprint density at radius 1 is 1.18 bits per heavy atom. The Kier molecular flexibility index (Phi) is 5.45. The van der Waals surface area contributed by atoms with E-state index < -0.39 is 6.10 Å². The van der Waals surface area contributed by atoms with E-state index in [1.54, 1.807) is 12.1 Å². The molecular formula is C18H20ClNO2. The molecule has 116 valence electrons. The van der Waals surface area contributed by atoms with Crippen molar-refractivity contribution < 1.29 is 9.53 Å². The van der Waals surface area contributed by atoms with Crippen LogP contribution in [0.25, 0.3) is 0 Å². The number of hydrogen-bond acceptors (Lipinski definition) is 2. The number of benzene rings is 2. The first kappa shape index (κ1) is 16.4. The molecule has 1 amide bonds. The van der Waals surface area contributed by atoms with Gasteiger partial charge in [-0.2, -0.15) is 0 Å². The number of rotatable bonds is 5. The topological polar surface area (TPSA) is 38.3 Å². The number of anilines is 1. The van der Waals surface area contributed by atoms with Crippen molar-refractivity contribution in [2.75, 3.05) is 5.32 Å². The second-order valence-corrected chi connectivity index (χ2v) is 5.71. The maximum Gasteiger partial charge on any atom is 0.265 e. The van der Waals surface area contributed by atoms with Gasteiger partial charge < -0.3 is 10.1 Å². The van der Waals surface area contributed by atoms with Crippen LogP contribution in [0.1, 0.15) is 24.5 Å². The van der Waals surface area contributed by atoms with Gasteiger partial charge in [0.05, 0.1) is 10.7 Å². The number of hydrogen-bond donors (Lipinski definition) is 1. The predicted molar refractivity (Wildman–Crippen MR) is 90.7 cm³/mol. The Morgan fingerprint density at radius 2 is 1.82 bits per heavy atom. The van der Waals surface area contributed by atoms with Gasteiger partial charge in [0.1, 0.15) is 5.75 Å². The van der Waals surface area contributed by atoms with Crippen LogP contribution in [0.4, 0.5) is 5.69 Å². The predicted octanol–water partition coefficient (Wildman–Crippen LogP) is 4.75. The van der Waals surface area contributed by atoms with Crippen LogP contribution < -0.4 is 10.1 Å². The molecule has 0 bridgehead atoms. The fourth-order valence-electron chi connectivity index (χ4n) is 2.26. The highest BCUT2D eigenvalue weighted by molar-refractivity contribution is 6.33. The lowest BCUT2D eigenvalue weighted by molar-refractivity contribution is -0.122. The lowest BCUT2D eigenvalue weighted by Gasteiger charge is -2.18. The fraction of sp³-hybridized carbons (Fsp3) is 0.278. The van der Waals surface area contributed by atoms with Crippen LogP contribution >= 0.6 is 11.6 Å². The number of carbonyl (C=O) groups excluding carboxylic acids is 1. The van der Waals surface area contributed by atoms with Crippen molar-refractivity contribution in [1.29, 1.82) is 0 Å². The standard InChI is InChI=1S/C18H20ClNO2/c1-4-17(22-14-10-12(2)9-13(3)11-14)18(21)20-16-8-6-5-7-15(16)19/h5-11,17H,4H2,1-3H3,(H,20,21)/t17-/m1/s1. The van der Waals surface area contributed by atoms with Gasteiger partial charge in [0.15, 0.2) is 6.10 Å². The summed E-state index contributed by atoms with van der Waals surface area (Å²) < 4.78 is 5.84. The highest BCUT2D eigenvalue weighted by Gasteiger charge is 2.19. The zero-order chi connectivity index (χ0) is 16.1. The molecule has 4 heteroatoms. The van der Waals surface area contributed by atoms with Gasteiger partial charge in [-0.25, -0.2) is 0 Å². The molecule has 0 aliphatic heterocycles. The van der Waals surface area contributed by atoms with E-state index in [0.29, 0.717) is 22.9 Å². The first-order valence-corrected chi connectivity index (χ1v) is 7.67. The average Bonchev–Trinajstić information content (AvgIpc) is 2.46. The van der Waals surface area contributed by atoms with E-state index in [-0.39, 0.29) is 5.91 Å².